The standard InChI is InChI=1S/C20H26N4O/c1-16-6-4-7-17(12-16)20(9-2-3-10-20)19(25)23-11-5-8-18(13-23)24-15-21-14-22-24/h4,6-7,12,14-15,18H,2-3,5,8-11,13H2,1H3/t18-/m1/s1. The highest BCUT2D eigenvalue weighted by atomic mass is 16.2. The second-order valence-electron chi connectivity index (χ2n) is 7.58. The molecule has 1 aromatic carbocycles. The number of piperidine rings is 1. The molecule has 1 aliphatic heterocycles. The van der Waals surface area contributed by atoms with Crippen LogP contribution in [0.1, 0.15) is 55.7 Å². The van der Waals surface area contributed by atoms with Gasteiger partial charge in [0.05, 0.1) is 11.5 Å². The van der Waals surface area contributed by atoms with Crippen LogP contribution in [0.5, 0.6) is 0 Å². The lowest BCUT2D eigenvalue weighted by Crippen LogP contribution is -2.49. The molecule has 0 unspecified atom stereocenters. The molecule has 2 aromatic rings. The summed E-state index contributed by atoms with van der Waals surface area (Å²) in [6.45, 7) is 3.71. The van der Waals surface area contributed by atoms with Gasteiger partial charge in [-0.1, -0.05) is 42.7 Å². The van der Waals surface area contributed by atoms with E-state index in [4.69, 9.17) is 0 Å². The van der Waals surface area contributed by atoms with E-state index in [1.165, 1.54) is 11.1 Å². The SMILES string of the molecule is Cc1cccc(C2(C(=O)N3CCC[C@@H](n4cncn4)C3)CCCC2)c1. The summed E-state index contributed by atoms with van der Waals surface area (Å²) >= 11 is 0. The molecule has 1 amide bonds. The molecule has 1 aromatic heterocycles. The van der Waals surface area contributed by atoms with Crippen molar-refractivity contribution in [3.63, 3.8) is 0 Å². The molecule has 132 valence electrons. The van der Waals surface area contributed by atoms with Gasteiger partial charge in [0.2, 0.25) is 5.91 Å². The van der Waals surface area contributed by atoms with Gasteiger partial charge >= 0.3 is 0 Å². The third-order valence-electron chi connectivity index (χ3n) is 5.93. The molecule has 5 heteroatoms. The molecule has 0 radical (unpaired) electrons. The Kier molecular flexibility index (Phi) is 4.32. The first kappa shape index (κ1) is 16.3. The van der Waals surface area contributed by atoms with E-state index >= 15 is 0 Å². The zero-order chi connectivity index (χ0) is 17.3. The minimum atomic E-state index is -0.323. The van der Waals surface area contributed by atoms with Crippen LogP contribution in [-0.4, -0.2) is 38.7 Å². The summed E-state index contributed by atoms with van der Waals surface area (Å²) in [6.07, 6.45) is 9.65. The minimum Gasteiger partial charge on any atom is -0.340 e. The lowest BCUT2D eigenvalue weighted by molar-refractivity contribution is -0.139. The van der Waals surface area contributed by atoms with Crippen LogP contribution < -0.4 is 0 Å². The van der Waals surface area contributed by atoms with Crippen molar-refractivity contribution >= 4 is 5.91 Å². The maximum atomic E-state index is 13.6. The van der Waals surface area contributed by atoms with Gasteiger partial charge in [0.15, 0.2) is 0 Å². The fourth-order valence-electron chi connectivity index (χ4n) is 4.61. The lowest BCUT2D eigenvalue weighted by Gasteiger charge is -2.39. The number of carbonyl (C=O) groups excluding carboxylic acids is 1. The Morgan fingerprint density at radius 2 is 2.08 bits per heavy atom. The summed E-state index contributed by atoms with van der Waals surface area (Å²) in [6, 6.07) is 8.80. The third kappa shape index (κ3) is 2.96. The number of likely N-dealkylation sites (tertiary alicyclic amines) is 1. The van der Waals surface area contributed by atoms with Crippen molar-refractivity contribution in [2.75, 3.05) is 13.1 Å². The van der Waals surface area contributed by atoms with Gasteiger partial charge in [-0.3, -0.25) is 4.79 Å². The van der Waals surface area contributed by atoms with Crippen LogP contribution in [0.3, 0.4) is 0 Å². The van der Waals surface area contributed by atoms with Gasteiger partial charge in [0.1, 0.15) is 12.7 Å². The Labute approximate surface area is 149 Å². The smallest absolute Gasteiger partial charge is 0.233 e. The van der Waals surface area contributed by atoms with Crippen molar-refractivity contribution in [1.82, 2.24) is 19.7 Å². The molecular formula is C20H26N4O. The molecule has 5 nitrogen and oxygen atoms in total. The van der Waals surface area contributed by atoms with E-state index in [1.807, 2.05) is 4.68 Å². The first-order chi connectivity index (χ1) is 12.2. The van der Waals surface area contributed by atoms with Crippen molar-refractivity contribution in [3.05, 3.63) is 48.0 Å². The number of aryl methyl sites for hydroxylation is 1. The summed E-state index contributed by atoms with van der Waals surface area (Å²) in [4.78, 5) is 19.8. The molecule has 1 saturated heterocycles. The van der Waals surface area contributed by atoms with Crippen molar-refractivity contribution < 1.29 is 4.79 Å². The number of hydrogen-bond acceptors (Lipinski definition) is 3. The summed E-state index contributed by atoms with van der Waals surface area (Å²) in [5.74, 6) is 0.320. The predicted octanol–water partition coefficient (Wildman–Crippen LogP) is 3.26. The van der Waals surface area contributed by atoms with Gasteiger partial charge < -0.3 is 4.90 Å². The molecule has 2 aliphatic rings. The van der Waals surface area contributed by atoms with Gasteiger partial charge in [-0.25, -0.2) is 9.67 Å². The third-order valence-corrected chi connectivity index (χ3v) is 5.93. The van der Waals surface area contributed by atoms with Crippen LogP contribution >= 0.6 is 0 Å². The highest BCUT2D eigenvalue weighted by Gasteiger charge is 2.45. The molecule has 1 saturated carbocycles. The van der Waals surface area contributed by atoms with Gasteiger partial charge in [0, 0.05) is 13.1 Å². The average molecular weight is 338 g/mol. The van der Waals surface area contributed by atoms with Gasteiger partial charge in [-0.2, -0.15) is 5.10 Å². The summed E-state index contributed by atoms with van der Waals surface area (Å²) in [5, 5.41) is 4.29. The zero-order valence-electron chi connectivity index (χ0n) is 14.9. The first-order valence-corrected chi connectivity index (χ1v) is 9.40. The van der Waals surface area contributed by atoms with Gasteiger partial charge in [-0.05, 0) is 38.2 Å². The second kappa shape index (κ2) is 6.62. The van der Waals surface area contributed by atoms with Crippen LogP contribution in [0.15, 0.2) is 36.9 Å². The van der Waals surface area contributed by atoms with E-state index in [9.17, 15) is 4.79 Å². The van der Waals surface area contributed by atoms with Crippen LogP contribution in [0.25, 0.3) is 0 Å². The van der Waals surface area contributed by atoms with Crippen LogP contribution in [0, 0.1) is 6.92 Å². The second-order valence-corrected chi connectivity index (χ2v) is 7.58. The number of rotatable bonds is 3. The highest BCUT2D eigenvalue weighted by Crippen LogP contribution is 2.43. The molecule has 1 atom stereocenters. The first-order valence-electron chi connectivity index (χ1n) is 9.40. The van der Waals surface area contributed by atoms with Crippen molar-refractivity contribution in [3.8, 4) is 0 Å². The molecule has 1 aliphatic carbocycles. The minimum absolute atomic E-state index is 0.246. The Hall–Kier alpha value is -2.17. The van der Waals surface area contributed by atoms with Crippen LogP contribution in [0.2, 0.25) is 0 Å². The molecule has 0 spiro atoms. The van der Waals surface area contributed by atoms with E-state index in [1.54, 1.807) is 12.7 Å². The van der Waals surface area contributed by atoms with E-state index in [2.05, 4.69) is 46.2 Å². The number of benzene rings is 1. The molecule has 0 bridgehead atoms. The van der Waals surface area contributed by atoms with E-state index in [0.29, 0.717) is 5.91 Å². The number of hydrogen-bond donors (Lipinski definition) is 0. The molecule has 4 rings (SSSR count). The number of nitrogens with zero attached hydrogens (tertiary/aromatic N) is 4. The van der Waals surface area contributed by atoms with Crippen molar-refractivity contribution in [1.29, 1.82) is 0 Å². The lowest BCUT2D eigenvalue weighted by atomic mass is 9.76. The normalized spacial score (nSPS) is 22.9. The number of aromatic nitrogens is 3. The topological polar surface area (TPSA) is 51.0 Å². The largest absolute Gasteiger partial charge is 0.340 e. The summed E-state index contributed by atoms with van der Waals surface area (Å²) < 4.78 is 1.91. The quantitative estimate of drug-likeness (QED) is 0.863. The maximum Gasteiger partial charge on any atom is 0.233 e. The fraction of sp³-hybridized carbons (Fsp3) is 0.550. The molecule has 2 fully saturated rings. The van der Waals surface area contributed by atoms with E-state index < -0.39 is 0 Å². The molecule has 0 N–H and O–H groups in total. The average Bonchev–Trinajstić information content (AvgIpc) is 3.34. The molecule has 25 heavy (non-hydrogen) atoms. The van der Waals surface area contributed by atoms with Gasteiger partial charge in [-0.15, -0.1) is 0 Å². The zero-order valence-corrected chi connectivity index (χ0v) is 14.9. The summed E-state index contributed by atoms with van der Waals surface area (Å²) in [5.41, 5.74) is 2.12. The van der Waals surface area contributed by atoms with E-state index in [0.717, 1.165) is 51.6 Å². The number of amides is 1. The fourth-order valence-corrected chi connectivity index (χ4v) is 4.61. The predicted molar refractivity (Wildman–Crippen MR) is 96.2 cm³/mol. The number of carbonyl (C=O) groups is 1. The van der Waals surface area contributed by atoms with Crippen molar-refractivity contribution in [2.45, 2.75) is 56.9 Å². The van der Waals surface area contributed by atoms with E-state index in [-0.39, 0.29) is 11.5 Å². The van der Waals surface area contributed by atoms with Gasteiger partial charge in [0.25, 0.3) is 0 Å². The molecular weight excluding hydrogens is 312 g/mol. The van der Waals surface area contributed by atoms with Crippen molar-refractivity contribution in [2.24, 2.45) is 0 Å². The van der Waals surface area contributed by atoms with Crippen LogP contribution in [-0.2, 0) is 10.2 Å². The van der Waals surface area contributed by atoms with Crippen LogP contribution in [0.4, 0.5) is 0 Å². The Morgan fingerprint density at radius 3 is 2.80 bits per heavy atom. The Bertz CT molecular complexity index is 734. The maximum absolute atomic E-state index is 13.6. The highest BCUT2D eigenvalue weighted by molar-refractivity contribution is 5.88. The monoisotopic (exact) mass is 338 g/mol. The Balaban J connectivity index is 1.61. The Morgan fingerprint density at radius 1 is 1.24 bits per heavy atom. The molecule has 2 heterocycles. The summed E-state index contributed by atoms with van der Waals surface area (Å²) in [7, 11) is 0.